The molecule has 0 amide bonds. The number of nitrogen functional groups attached to an aromatic ring is 1. The van der Waals surface area contributed by atoms with E-state index in [1.165, 1.54) is 7.11 Å². The fourth-order valence-electron chi connectivity index (χ4n) is 1.81. The summed E-state index contributed by atoms with van der Waals surface area (Å²) in [6.45, 7) is 1.99. The molecule has 0 aliphatic carbocycles. The molecule has 5 heteroatoms. The summed E-state index contributed by atoms with van der Waals surface area (Å²) in [5, 5.41) is 0. The van der Waals surface area contributed by atoms with E-state index in [-0.39, 0.29) is 0 Å². The van der Waals surface area contributed by atoms with E-state index < -0.39 is 5.97 Å². The summed E-state index contributed by atoms with van der Waals surface area (Å²) in [7, 11) is 1.32. The lowest BCUT2D eigenvalue weighted by atomic mass is 10.0. The molecule has 1 aromatic carbocycles. The van der Waals surface area contributed by atoms with Crippen molar-refractivity contribution in [3.63, 3.8) is 0 Å². The van der Waals surface area contributed by atoms with Crippen LogP contribution in [0.3, 0.4) is 0 Å². The molecule has 2 N–H and O–H groups in total. The van der Waals surface area contributed by atoms with E-state index in [0.717, 1.165) is 11.1 Å². The van der Waals surface area contributed by atoms with E-state index in [9.17, 15) is 4.79 Å². The van der Waals surface area contributed by atoms with Gasteiger partial charge in [0.25, 0.3) is 0 Å². The first-order valence-corrected chi connectivity index (χ1v) is 6.43. The van der Waals surface area contributed by atoms with Crippen molar-refractivity contribution in [3.05, 3.63) is 46.1 Å². The first-order chi connectivity index (χ1) is 9.02. The number of hydrogen-bond donors (Lipinski definition) is 1. The van der Waals surface area contributed by atoms with Gasteiger partial charge in [0.05, 0.1) is 24.1 Å². The second-order valence-electron chi connectivity index (χ2n) is 4.12. The highest BCUT2D eigenvalue weighted by Gasteiger charge is 2.17. The van der Waals surface area contributed by atoms with Crippen LogP contribution in [0.4, 0.5) is 5.69 Å². The molecule has 0 spiro atoms. The summed E-state index contributed by atoms with van der Waals surface area (Å²) >= 11 is 3.29. The number of nitrogens with zero attached hydrogens (tertiary/aromatic N) is 1. The number of pyridine rings is 1. The third-order valence-corrected chi connectivity index (χ3v) is 3.13. The number of ether oxygens (including phenoxy) is 1. The Morgan fingerprint density at radius 2 is 2.11 bits per heavy atom. The van der Waals surface area contributed by atoms with Gasteiger partial charge in [-0.2, -0.15) is 0 Å². The minimum atomic E-state index is -0.477. The fraction of sp³-hybridized carbons (Fsp3) is 0.143. The monoisotopic (exact) mass is 320 g/mol. The van der Waals surface area contributed by atoms with Crippen LogP contribution >= 0.6 is 15.9 Å². The molecule has 0 unspecified atom stereocenters. The number of carbonyl (C=O) groups excluding carboxylic acids is 1. The zero-order chi connectivity index (χ0) is 14.0. The molecule has 2 rings (SSSR count). The summed E-state index contributed by atoms with van der Waals surface area (Å²) < 4.78 is 5.26. The van der Waals surface area contributed by atoms with Crippen LogP contribution in [0.15, 0.2) is 34.9 Å². The van der Waals surface area contributed by atoms with Crippen LogP contribution in [0.1, 0.15) is 15.9 Å². The van der Waals surface area contributed by atoms with Gasteiger partial charge in [-0.15, -0.1) is 0 Å². The maximum absolute atomic E-state index is 11.7. The normalized spacial score (nSPS) is 10.3. The van der Waals surface area contributed by atoms with Gasteiger partial charge in [-0.3, -0.25) is 0 Å². The number of halogens is 1. The van der Waals surface area contributed by atoms with Crippen LogP contribution < -0.4 is 5.73 Å². The van der Waals surface area contributed by atoms with Gasteiger partial charge in [-0.1, -0.05) is 23.8 Å². The predicted molar refractivity (Wildman–Crippen MR) is 77.9 cm³/mol. The SMILES string of the molecule is COC(=O)c1cc(Br)nc(-c2cccc(C)c2)c1N. The first-order valence-electron chi connectivity index (χ1n) is 5.64. The zero-order valence-corrected chi connectivity index (χ0v) is 12.2. The Bertz CT molecular complexity index is 641. The number of hydrogen-bond acceptors (Lipinski definition) is 4. The lowest BCUT2D eigenvalue weighted by molar-refractivity contribution is 0.0602. The summed E-state index contributed by atoms with van der Waals surface area (Å²) in [4.78, 5) is 16.0. The Labute approximate surface area is 119 Å². The van der Waals surface area contributed by atoms with Crippen molar-refractivity contribution in [1.29, 1.82) is 0 Å². The third-order valence-electron chi connectivity index (χ3n) is 2.72. The van der Waals surface area contributed by atoms with Crippen molar-refractivity contribution in [1.82, 2.24) is 4.98 Å². The van der Waals surface area contributed by atoms with Crippen molar-refractivity contribution in [3.8, 4) is 11.3 Å². The number of carbonyl (C=O) groups is 1. The van der Waals surface area contributed by atoms with Crippen molar-refractivity contribution < 1.29 is 9.53 Å². The minimum absolute atomic E-state index is 0.306. The zero-order valence-electron chi connectivity index (χ0n) is 10.6. The van der Waals surface area contributed by atoms with Gasteiger partial charge in [0.2, 0.25) is 0 Å². The molecule has 0 aliphatic rings. The molecular weight excluding hydrogens is 308 g/mol. The van der Waals surface area contributed by atoms with Crippen LogP contribution in [-0.2, 0) is 4.74 Å². The highest BCUT2D eigenvalue weighted by Crippen LogP contribution is 2.30. The second-order valence-corrected chi connectivity index (χ2v) is 4.93. The molecule has 1 heterocycles. The minimum Gasteiger partial charge on any atom is -0.465 e. The lowest BCUT2D eigenvalue weighted by Crippen LogP contribution is -2.08. The Kier molecular flexibility index (Phi) is 3.85. The van der Waals surface area contributed by atoms with Crippen LogP contribution in [0, 0.1) is 6.92 Å². The highest BCUT2D eigenvalue weighted by molar-refractivity contribution is 9.10. The Morgan fingerprint density at radius 3 is 2.74 bits per heavy atom. The van der Waals surface area contributed by atoms with Gasteiger partial charge in [-0.05, 0) is 35.0 Å². The van der Waals surface area contributed by atoms with Gasteiger partial charge in [-0.25, -0.2) is 9.78 Å². The second kappa shape index (κ2) is 5.40. The Morgan fingerprint density at radius 1 is 1.37 bits per heavy atom. The predicted octanol–water partition coefficient (Wildman–Crippen LogP) is 3.19. The number of rotatable bonds is 2. The van der Waals surface area contributed by atoms with Crippen molar-refractivity contribution in [2.75, 3.05) is 12.8 Å². The number of nitrogens with two attached hydrogens (primary N) is 1. The lowest BCUT2D eigenvalue weighted by Gasteiger charge is -2.10. The first kappa shape index (κ1) is 13.5. The van der Waals surface area contributed by atoms with E-state index >= 15 is 0 Å². The van der Waals surface area contributed by atoms with E-state index in [1.807, 2.05) is 31.2 Å². The molecule has 0 radical (unpaired) electrons. The molecule has 0 bridgehead atoms. The number of aromatic nitrogens is 1. The maximum Gasteiger partial charge on any atom is 0.340 e. The van der Waals surface area contributed by atoms with Gasteiger partial charge in [0.1, 0.15) is 4.60 Å². The average Bonchev–Trinajstić information content (AvgIpc) is 2.40. The van der Waals surface area contributed by atoms with Gasteiger partial charge >= 0.3 is 5.97 Å². The fourth-order valence-corrected chi connectivity index (χ4v) is 2.22. The van der Waals surface area contributed by atoms with E-state index in [1.54, 1.807) is 6.07 Å². The van der Waals surface area contributed by atoms with Gasteiger partial charge < -0.3 is 10.5 Å². The van der Waals surface area contributed by atoms with Gasteiger partial charge in [0.15, 0.2) is 0 Å². The van der Waals surface area contributed by atoms with E-state index in [0.29, 0.717) is 21.5 Å². The van der Waals surface area contributed by atoms with Crippen molar-refractivity contribution >= 4 is 27.6 Å². The summed E-state index contributed by atoms with van der Waals surface area (Å²) in [6.07, 6.45) is 0. The standard InChI is InChI=1S/C14H13BrN2O2/c1-8-4-3-5-9(6-8)13-12(16)10(14(18)19-2)7-11(15)17-13/h3-7H,16H2,1-2H3. The maximum atomic E-state index is 11.7. The summed E-state index contributed by atoms with van der Waals surface area (Å²) in [5.74, 6) is -0.477. The largest absolute Gasteiger partial charge is 0.465 e. The molecular formula is C14H13BrN2O2. The molecule has 19 heavy (non-hydrogen) atoms. The summed E-state index contributed by atoms with van der Waals surface area (Å²) in [5.41, 5.74) is 9.18. The molecule has 0 fully saturated rings. The third kappa shape index (κ3) is 2.76. The highest BCUT2D eigenvalue weighted by atomic mass is 79.9. The van der Waals surface area contributed by atoms with Gasteiger partial charge in [0, 0.05) is 5.56 Å². The number of aryl methyl sites for hydroxylation is 1. The number of esters is 1. The number of anilines is 1. The molecule has 1 aromatic heterocycles. The van der Waals surface area contributed by atoms with Crippen LogP contribution in [0.25, 0.3) is 11.3 Å². The Hall–Kier alpha value is -1.88. The molecule has 4 nitrogen and oxygen atoms in total. The number of benzene rings is 1. The summed E-state index contributed by atoms with van der Waals surface area (Å²) in [6, 6.07) is 9.33. The molecule has 2 aromatic rings. The molecule has 0 saturated heterocycles. The van der Waals surface area contributed by atoms with Crippen LogP contribution in [-0.4, -0.2) is 18.1 Å². The molecule has 0 saturated carbocycles. The topological polar surface area (TPSA) is 65.2 Å². The van der Waals surface area contributed by atoms with Crippen LogP contribution in [0.5, 0.6) is 0 Å². The van der Waals surface area contributed by atoms with Crippen molar-refractivity contribution in [2.45, 2.75) is 6.92 Å². The molecule has 0 aliphatic heterocycles. The average molecular weight is 321 g/mol. The Balaban J connectivity index is 2.64. The van der Waals surface area contributed by atoms with Crippen LogP contribution in [0.2, 0.25) is 0 Å². The number of methoxy groups -OCH3 is 1. The van der Waals surface area contributed by atoms with E-state index in [2.05, 4.69) is 20.9 Å². The smallest absolute Gasteiger partial charge is 0.340 e. The quantitative estimate of drug-likeness (QED) is 0.681. The molecule has 0 atom stereocenters. The molecule has 98 valence electrons. The van der Waals surface area contributed by atoms with Crippen molar-refractivity contribution in [2.24, 2.45) is 0 Å². The van der Waals surface area contributed by atoms with E-state index in [4.69, 9.17) is 10.5 Å².